The molecule has 4 aromatic rings. The third-order valence-corrected chi connectivity index (χ3v) is 7.30. The zero-order valence-corrected chi connectivity index (χ0v) is 23.8. The monoisotopic (exact) mass is 574 g/mol. The molecular weight excluding hydrogens is 544 g/mol. The van der Waals surface area contributed by atoms with Crippen LogP contribution in [0.15, 0.2) is 96.3 Å². The van der Waals surface area contributed by atoms with E-state index in [4.69, 9.17) is 9.47 Å². The van der Waals surface area contributed by atoms with Crippen molar-refractivity contribution < 1.29 is 27.5 Å². The van der Waals surface area contributed by atoms with Gasteiger partial charge in [0.15, 0.2) is 0 Å². The van der Waals surface area contributed by atoms with Crippen molar-refractivity contribution in [2.24, 2.45) is 0 Å². The van der Waals surface area contributed by atoms with Crippen molar-refractivity contribution in [2.45, 2.75) is 31.3 Å². The molecule has 11 heteroatoms. The van der Waals surface area contributed by atoms with E-state index in [1.807, 2.05) is 6.07 Å². The quantitative estimate of drug-likeness (QED) is 0.255. The highest BCUT2D eigenvalue weighted by Crippen LogP contribution is 2.24. The molecule has 0 radical (unpaired) electrons. The molecular formula is C30H30N4O6S. The number of aromatic nitrogens is 2. The first-order valence-electron chi connectivity index (χ1n) is 12.6. The number of hydrogen-bond donors (Lipinski definition) is 2. The largest absolute Gasteiger partial charge is 0.481 e. The first kappa shape index (κ1) is 29.1. The third kappa shape index (κ3) is 7.61. The smallest absolute Gasteiger partial charge is 0.412 e. The van der Waals surface area contributed by atoms with Gasteiger partial charge in [-0.15, -0.1) is 0 Å². The number of amides is 2. The molecule has 0 spiro atoms. The number of ether oxygens (including phenoxy) is 2. The Kier molecular flexibility index (Phi) is 8.58. The second kappa shape index (κ2) is 12.1. The number of carbonyl (C=O) groups excluding carboxylic acids is 2. The number of carbonyl (C=O) groups is 2. The summed E-state index contributed by atoms with van der Waals surface area (Å²) in [5.74, 6) is 0.0190. The average Bonchev–Trinajstić information content (AvgIpc) is 3.42. The van der Waals surface area contributed by atoms with Crippen molar-refractivity contribution in [2.75, 3.05) is 17.7 Å². The van der Waals surface area contributed by atoms with E-state index in [2.05, 4.69) is 15.6 Å². The van der Waals surface area contributed by atoms with Gasteiger partial charge in [0.1, 0.15) is 5.60 Å². The molecule has 2 aromatic heterocycles. The molecule has 0 aliphatic rings. The molecule has 2 aromatic carbocycles. The molecule has 0 aliphatic heterocycles. The highest BCUT2D eigenvalue weighted by atomic mass is 32.2. The van der Waals surface area contributed by atoms with Crippen molar-refractivity contribution in [1.82, 2.24) is 8.96 Å². The van der Waals surface area contributed by atoms with Crippen LogP contribution in [0.25, 0.3) is 17.2 Å². The Morgan fingerprint density at radius 2 is 1.56 bits per heavy atom. The number of nitrogens with zero attached hydrogens (tertiary/aromatic N) is 2. The molecule has 0 fully saturated rings. The molecule has 0 atom stereocenters. The molecule has 0 aliphatic carbocycles. The van der Waals surface area contributed by atoms with Gasteiger partial charge in [-0.25, -0.2) is 22.2 Å². The molecule has 0 bridgehead atoms. The van der Waals surface area contributed by atoms with Crippen LogP contribution in [0.1, 0.15) is 26.3 Å². The van der Waals surface area contributed by atoms with Crippen molar-refractivity contribution in [3.05, 3.63) is 97.0 Å². The summed E-state index contributed by atoms with van der Waals surface area (Å²) in [5, 5.41) is 5.33. The summed E-state index contributed by atoms with van der Waals surface area (Å²) >= 11 is 0. The molecule has 2 amide bonds. The van der Waals surface area contributed by atoms with Gasteiger partial charge in [-0.05, 0) is 74.4 Å². The molecule has 0 saturated heterocycles. The van der Waals surface area contributed by atoms with Gasteiger partial charge in [-0.3, -0.25) is 10.1 Å². The van der Waals surface area contributed by atoms with E-state index in [0.29, 0.717) is 22.8 Å². The highest BCUT2D eigenvalue weighted by molar-refractivity contribution is 7.90. The predicted molar refractivity (Wildman–Crippen MR) is 157 cm³/mol. The van der Waals surface area contributed by atoms with Crippen LogP contribution < -0.4 is 15.4 Å². The number of hydrogen-bond acceptors (Lipinski definition) is 7. The van der Waals surface area contributed by atoms with Gasteiger partial charge in [0.25, 0.3) is 10.0 Å². The number of rotatable bonds is 8. The van der Waals surface area contributed by atoms with Gasteiger partial charge >= 0.3 is 6.09 Å². The van der Waals surface area contributed by atoms with Crippen molar-refractivity contribution in [3.8, 4) is 17.0 Å². The Bertz CT molecular complexity index is 1670. The van der Waals surface area contributed by atoms with Crippen LogP contribution in [0.2, 0.25) is 0 Å². The average molecular weight is 575 g/mol. The van der Waals surface area contributed by atoms with E-state index in [9.17, 15) is 18.0 Å². The summed E-state index contributed by atoms with van der Waals surface area (Å²) in [5.41, 5.74) is 2.21. The molecule has 2 heterocycles. The number of pyridine rings is 1. The molecule has 41 heavy (non-hydrogen) atoms. The van der Waals surface area contributed by atoms with Crippen LogP contribution in [-0.2, 0) is 19.6 Å². The molecule has 0 saturated carbocycles. The lowest BCUT2D eigenvalue weighted by Crippen LogP contribution is -2.27. The summed E-state index contributed by atoms with van der Waals surface area (Å²) < 4.78 is 37.7. The summed E-state index contributed by atoms with van der Waals surface area (Å²) in [7, 11) is -2.32. The zero-order chi connectivity index (χ0) is 29.6. The van der Waals surface area contributed by atoms with E-state index < -0.39 is 27.6 Å². The molecule has 212 valence electrons. The van der Waals surface area contributed by atoms with E-state index in [1.165, 1.54) is 43.8 Å². The Morgan fingerprint density at radius 3 is 2.17 bits per heavy atom. The first-order valence-corrected chi connectivity index (χ1v) is 14.0. The second-order valence-corrected chi connectivity index (χ2v) is 11.7. The van der Waals surface area contributed by atoms with Crippen LogP contribution in [0.4, 0.5) is 16.2 Å². The van der Waals surface area contributed by atoms with Crippen LogP contribution in [0, 0.1) is 0 Å². The normalized spacial score (nSPS) is 11.7. The van der Waals surface area contributed by atoms with Crippen LogP contribution in [0.5, 0.6) is 5.88 Å². The second-order valence-electron chi connectivity index (χ2n) is 9.89. The maximum absolute atomic E-state index is 13.2. The first-order chi connectivity index (χ1) is 19.4. The Hall–Kier alpha value is -4.90. The third-order valence-electron chi connectivity index (χ3n) is 5.65. The Morgan fingerprint density at radius 1 is 0.902 bits per heavy atom. The van der Waals surface area contributed by atoms with Gasteiger partial charge in [0.05, 0.1) is 23.4 Å². The van der Waals surface area contributed by atoms with Crippen molar-refractivity contribution in [3.63, 3.8) is 0 Å². The van der Waals surface area contributed by atoms with Crippen LogP contribution in [0.3, 0.4) is 0 Å². The standard InChI is InChI=1S/C30H30N4O6S/c1-30(2,3)40-29(36)33-26-8-6-5-7-25(26)32-27(35)15-9-21-17-18-34(20-21)41(37,38)24-13-10-22(11-14-24)23-12-16-28(39-4)31-19-23/h5-20H,1-4H3,(H,32,35)(H,33,36)/b15-9+. The van der Waals surface area contributed by atoms with Crippen LogP contribution >= 0.6 is 0 Å². The van der Waals surface area contributed by atoms with E-state index in [1.54, 1.807) is 75.5 Å². The van der Waals surface area contributed by atoms with Gasteiger partial charge in [-0.2, -0.15) is 0 Å². The summed E-state index contributed by atoms with van der Waals surface area (Å²) in [6.45, 7) is 5.25. The maximum atomic E-state index is 13.2. The number of benzene rings is 2. The molecule has 2 N–H and O–H groups in total. The fourth-order valence-corrected chi connectivity index (χ4v) is 4.92. The number of anilines is 2. The van der Waals surface area contributed by atoms with Gasteiger partial charge in [0, 0.05) is 36.3 Å². The summed E-state index contributed by atoms with van der Waals surface area (Å²) in [6.07, 6.45) is 6.59. The van der Waals surface area contributed by atoms with Crippen molar-refractivity contribution in [1.29, 1.82) is 0 Å². The minimum absolute atomic E-state index is 0.112. The minimum atomic E-state index is -3.85. The Labute approximate surface area is 238 Å². The zero-order valence-electron chi connectivity index (χ0n) is 23.0. The van der Waals surface area contributed by atoms with E-state index >= 15 is 0 Å². The van der Waals surface area contributed by atoms with Gasteiger partial charge < -0.3 is 14.8 Å². The van der Waals surface area contributed by atoms with Crippen molar-refractivity contribution >= 4 is 39.5 Å². The van der Waals surface area contributed by atoms with Gasteiger partial charge in [0.2, 0.25) is 11.8 Å². The fourth-order valence-electron chi connectivity index (χ4n) is 3.71. The summed E-state index contributed by atoms with van der Waals surface area (Å²) in [4.78, 5) is 29.0. The minimum Gasteiger partial charge on any atom is -0.481 e. The SMILES string of the molecule is COc1ccc(-c2ccc(S(=O)(=O)n3ccc(/C=C/C(=O)Nc4ccccc4NC(=O)OC(C)(C)C)c3)cc2)cn1. The predicted octanol–water partition coefficient (Wildman–Crippen LogP) is 5.79. The van der Waals surface area contributed by atoms with Gasteiger partial charge in [-0.1, -0.05) is 24.3 Å². The molecule has 10 nitrogen and oxygen atoms in total. The number of nitrogens with one attached hydrogen (secondary N) is 2. The number of methoxy groups -OCH3 is 1. The fraction of sp³-hybridized carbons (Fsp3) is 0.167. The van der Waals surface area contributed by atoms with E-state index in [0.717, 1.165) is 15.1 Å². The van der Waals surface area contributed by atoms with Crippen LogP contribution in [-0.4, -0.2) is 42.1 Å². The molecule has 0 unspecified atom stereocenters. The highest BCUT2D eigenvalue weighted by Gasteiger charge is 2.18. The number of para-hydroxylation sites is 2. The van der Waals surface area contributed by atoms with E-state index in [-0.39, 0.29) is 4.90 Å². The lowest BCUT2D eigenvalue weighted by Gasteiger charge is -2.20. The lowest BCUT2D eigenvalue weighted by atomic mass is 10.1. The summed E-state index contributed by atoms with van der Waals surface area (Å²) in [6, 6.07) is 18.3. The Balaban J connectivity index is 1.42. The lowest BCUT2D eigenvalue weighted by molar-refractivity contribution is -0.111. The molecule has 4 rings (SSSR count). The topological polar surface area (TPSA) is 129 Å². The maximum Gasteiger partial charge on any atom is 0.412 e.